The van der Waals surface area contributed by atoms with Gasteiger partial charge in [-0.25, -0.2) is 9.67 Å². The van der Waals surface area contributed by atoms with Crippen molar-refractivity contribution in [2.45, 2.75) is 19.8 Å². The highest BCUT2D eigenvalue weighted by atomic mass is 32.1. The highest BCUT2D eigenvalue weighted by Gasteiger charge is 2.14. The van der Waals surface area contributed by atoms with Gasteiger partial charge in [0.25, 0.3) is 0 Å². The third-order valence-corrected chi connectivity index (χ3v) is 2.98. The molecule has 2 aromatic heterocycles. The highest BCUT2D eigenvalue weighted by Crippen LogP contribution is 2.29. The number of nitrogen functional groups attached to an aromatic ring is 1. The minimum Gasteiger partial charge on any atom is -0.390 e. The molecule has 0 bridgehead atoms. The van der Waals surface area contributed by atoms with Gasteiger partial charge in [0.1, 0.15) is 0 Å². The monoisotopic (exact) mass is 222 g/mol. The molecule has 2 aromatic rings. The summed E-state index contributed by atoms with van der Waals surface area (Å²) < 4.78 is 1.79. The smallest absolute Gasteiger partial charge is 0.161 e. The Labute approximate surface area is 92.8 Å². The van der Waals surface area contributed by atoms with Gasteiger partial charge in [-0.05, 0) is 11.4 Å². The zero-order chi connectivity index (χ0) is 11.0. The average molecular weight is 222 g/mol. The molecule has 0 fully saturated rings. The third-order valence-electron chi connectivity index (χ3n) is 2.23. The minimum absolute atomic E-state index is 0.338. The third kappa shape index (κ3) is 1.74. The first kappa shape index (κ1) is 10.2. The van der Waals surface area contributed by atoms with Crippen molar-refractivity contribution in [1.82, 2.24) is 14.8 Å². The van der Waals surface area contributed by atoms with Gasteiger partial charge in [-0.1, -0.05) is 13.8 Å². The first-order valence-corrected chi connectivity index (χ1v) is 5.72. The Morgan fingerprint density at radius 3 is 2.67 bits per heavy atom. The zero-order valence-electron chi connectivity index (χ0n) is 9.06. The lowest BCUT2D eigenvalue weighted by Gasteiger charge is -1.97. The maximum atomic E-state index is 5.86. The second-order valence-corrected chi connectivity index (χ2v) is 4.72. The van der Waals surface area contributed by atoms with Gasteiger partial charge >= 0.3 is 0 Å². The Bertz CT molecular complexity index is 469. The lowest BCUT2D eigenvalue weighted by Crippen LogP contribution is -1.96. The SMILES string of the molecule is CC(C)c1nc(-c2ccsc2N)n(C)n1. The number of anilines is 1. The van der Waals surface area contributed by atoms with Gasteiger partial charge in [0, 0.05) is 13.0 Å². The summed E-state index contributed by atoms with van der Waals surface area (Å²) in [5, 5.41) is 7.12. The molecule has 0 spiro atoms. The number of hydrogen-bond acceptors (Lipinski definition) is 4. The molecule has 0 atom stereocenters. The second kappa shape index (κ2) is 3.66. The van der Waals surface area contributed by atoms with Crippen LogP contribution in [-0.4, -0.2) is 14.8 Å². The van der Waals surface area contributed by atoms with Crippen LogP contribution in [0.25, 0.3) is 11.4 Å². The number of thiophene rings is 1. The fourth-order valence-corrected chi connectivity index (χ4v) is 2.03. The van der Waals surface area contributed by atoms with Crippen LogP contribution < -0.4 is 5.73 Å². The molecule has 0 aliphatic rings. The molecule has 2 rings (SSSR count). The molecule has 2 heterocycles. The van der Waals surface area contributed by atoms with Gasteiger partial charge in [-0.2, -0.15) is 5.10 Å². The van der Waals surface area contributed by atoms with E-state index in [2.05, 4.69) is 23.9 Å². The Morgan fingerprint density at radius 2 is 2.20 bits per heavy atom. The molecule has 0 saturated carbocycles. The molecule has 0 aromatic carbocycles. The predicted molar refractivity (Wildman–Crippen MR) is 62.8 cm³/mol. The first-order valence-electron chi connectivity index (χ1n) is 4.84. The molecular formula is C10H14N4S. The standard InChI is InChI=1S/C10H14N4S/c1-6(2)9-12-10(14(3)13-9)7-4-5-15-8(7)11/h4-6H,11H2,1-3H3. The number of nitrogens with zero attached hydrogens (tertiary/aromatic N) is 3. The van der Waals surface area contributed by atoms with E-state index in [1.165, 1.54) is 11.3 Å². The number of rotatable bonds is 2. The van der Waals surface area contributed by atoms with E-state index in [4.69, 9.17) is 5.73 Å². The van der Waals surface area contributed by atoms with Crippen molar-refractivity contribution >= 4 is 16.3 Å². The predicted octanol–water partition coefficient (Wildman–Crippen LogP) is 2.25. The maximum absolute atomic E-state index is 5.86. The molecule has 2 N–H and O–H groups in total. The fraction of sp³-hybridized carbons (Fsp3) is 0.400. The fourth-order valence-electron chi connectivity index (χ4n) is 1.39. The van der Waals surface area contributed by atoms with E-state index in [1.807, 2.05) is 18.5 Å². The summed E-state index contributed by atoms with van der Waals surface area (Å²) in [6.45, 7) is 4.16. The van der Waals surface area contributed by atoms with Gasteiger partial charge in [0.05, 0.1) is 10.6 Å². The summed E-state index contributed by atoms with van der Waals surface area (Å²) in [6.07, 6.45) is 0. The topological polar surface area (TPSA) is 56.7 Å². The molecule has 0 aliphatic carbocycles. The highest BCUT2D eigenvalue weighted by molar-refractivity contribution is 7.14. The van der Waals surface area contributed by atoms with Crippen LogP contribution in [0.15, 0.2) is 11.4 Å². The lowest BCUT2D eigenvalue weighted by atomic mass is 10.2. The van der Waals surface area contributed by atoms with Crippen LogP contribution >= 0.6 is 11.3 Å². The first-order chi connectivity index (χ1) is 7.09. The summed E-state index contributed by atoms with van der Waals surface area (Å²) in [6, 6.07) is 1.98. The number of nitrogens with two attached hydrogens (primary N) is 1. The summed E-state index contributed by atoms with van der Waals surface area (Å²) in [4.78, 5) is 4.49. The maximum Gasteiger partial charge on any atom is 0.161 e. The number of aryl methyl sites for hydroxylation is 1. The number of aromatic nitrogens is 3. The van der Waals surface area contributed by atoms with Crippen LogP contribution in [0.5, 0.6) is 0 Å². The Kier molecular flexibility index (Phi) is 2.48. The molecule has 0 saturated heterocycles. The number of hydrogen-bond donors (Lipinski definition) is 1. The van der Waals surface area contributed by atoms with Crippen molar-refractivity contribution in [1.29, 1.82) is 0 Å². The Balaban J connectivity index is 2.50. The van der Waals surface area contributed by atoms with Crippen LogP contribution in [0.3, 0.4) is 0 Å². The lowest BCUT2D eigenvalue weighted by molar-refractivity contribution is 0.712. The molecule has 4 nitrogen and oxygen atoms in total. The molecular weight excluding hydrogens is 208 g/mol. The minimum atomic E-state index is 0.338. The molecule has 80 valence electrons. The summed E-state index contributed by atoms with van der Waals surface area (Å²) in [5.74, 6) is 2.04. The second-order valence-electron chi connectivity index (χ2n) is 3.77. The van der Waals surface area contributed by atoms with E-state index in [1.54, 1.807) is 4.68 Å². The molecule has 0 radical (unpaired) electrons. The van der Waals surface area contributed by atoms with Crippen molar-refractivity contribution in [2.75, 3.05) is 5.73 Å². The van der Waals surface area contributed by atoms with Crippen molar-refractivity contribution in [2.24, 2.45) is 7.05 Å². The Hall–Kier alpha value is -1.36. The van der Waals surface area contributed by atoms with E-state index in [0.717, 1.165) is 22.2 Å². The van der Waals surface area contributed by atoms with Crippen molar-refractivity contribution < 1.29 is 0 Å². The van der Waals surface area contributed by atoms with E-state index >= 15 is 0 Å². The Morgan fingerprint density at radius 1 is 1.47 bits per heavy atom. The molecule has 0 amide bonds. The van der Waals surface area contributed by atoms with Gasteiger partial charge in [0.15, 0.2) is 11.6 Å². The molecule has 15 heavy (non-hydrogen) atoms. The van der Waals surface area contributed by atoms with Crippen LogP contribution in [0, 0.1) is 0 Å². The van der Waals surface area contributed by atoms with Gasteiger partial charge < -0.3 is 5.73 Å². The summed E-state index contributed by atoms with van der Waals surface area (Å²) in [5.41, 5.74) is 6.84. The van der Waals surface area contributed by atoms with Crippen LogP contribution in [-0.2, 0) is 7.05 Å². The molecule has 0 unspecified atom stereocenters. The van der Waals surface area contributed by atoms with Crippen molar-refractivity contribution in [3.8, 4) is 11.4 Å². The van der Waals surface area contributed by atoms with Crippen LogP contribution in [0.2, 0.25) is 0 Å². The normalized spacial score (nSPS) is 11.2. The molecule has 5 heteroatoms. The average Bonchev–Trinajstić information content (AvgIpc) is 2.71. The molecule has 0 aliphatic heterocycles. The van der Waals surface area contributed by atoms with Gasteiger partial charge in [0.2, 0.25) is 0 Å². The van der Waals surface area contributed by atoms with Crippen molar-refractivity contribution in [3.05, 3.63) is 17.3 Å². The van der Waals surface area contributed by atoms with Gasteiger partial charge in [-0.15, -0.1) is 11.3 Å². The van der Waals surface area contributed by atoms with E-state index in [-0.39, 0.29) is 0 Å². The van der Waals surface area contributed by atoms with Crippen LogP contribution in [0.4, 0.5) is 5.00 Å². The van der Waals surface area contributed by atoms with Gasteiger partial charge in [-0.3, -0.25) is 0 Å². The summed E-state index contributed by atoms with van der Waals surface area (Å²) in [7, 11) is 1.89. The largest absolute Gasteiger partial charge is 0.390 e. The summed E-state index contributed by atoms with van der Waals surface area (Å²) >= 11 is 1.52. The van der Waals surface area contributed by atoms with Crippen LogP contribution in [0.1, 0.15) is 25.6 Å². The quantitative estimate of drug-likeness (QED) is 0.847. The van der Waals surface area contributed by atoms with E-state index in [0.29, 0.717) is 5.92 Å². The zero-order valence-corrected chi connectivity index (χ0v) is 9.88. The van der Waals surface area contributed by atoms with E-state index in [9.17, 15) is 0 Å². The van der Waals surface area contributed by atoms with Crippen molar-refractivity contribution in [3.63, 3.8) is 0 Å². The van der Waals surface area contributed by atoms with E-state index < -0.39 is 0 Å².